The van der Waals surface area contributed by atoms with Crippen molar-refractivity contribution < 1.29 is 5.11 Å². The maximum atomic E-state index is 9.42. The summed E-state index contributed by atoms with van der Waals surface area (Å²) in [4.78, 5) is 7.71. The molecular formula is C15H15N3O. The molecule has 0 spiro atoms. The minimum absolute atomic E-state index is 0.245. The minimum Gasteiger partial charge on any atom is -0.508 e. The van der Waals surface area contributed by atoms with Crippen molar-refractivity contribution in [2.75, 3.05) is 5.73 Å². The van der Waals surface area contributed by atoms with Gasteiger partial charge in [-0.05, 0) is 30.2 Å². The van der Waals surface area contributed by atoms with Crippen LogP contribution >= 0.6 is 0 Å². The lowest BCUT2D eigenvalue weighted by Crippen LogP contribution is -1.97. The molecule has 3 aromatic rings. The topological polar surface area (TPSA) is 74.9 Å². The Balaban J connectivity index is 1.80. The van der Waals surface area contributed by atoms with Crippen molar-refractivity contribution in [1.82, 2.24) is 9.97 Å². The van der Waals surface area contributed by atoms with Crippen LogP contribution in [0.25, 0.3) is 11.0 Å². The van der Waals surface area contributed by atoms with Gasteiger partial charge in [-0.15, -0.1) is 0 Å². The average Bonchev–Trinajstić information content (AvgIpc) is 2.79. The number of nitrogen functional groups attached to an aromatic ring is 1. The average molecular weight is 253 g/mol. The summed E-state index contributed by atoms with van der Waals surface area (Å²) >= 11 is 0. The Morgan fingerprint density at radius 1 is 1.11 bits per heavy atom. The number of anilines is 1. The van der Waals surface area contributed by atoms with Gasteiger partial charge >= 0.3 is 0 Å². The maximum absolute atomic E-state index is 9.42. The molecule has 0 fully saturated rings. The van der Waals surface area contributed by atoms with Crippen LogP contribution in [-0.2, 0) is 12.8 Å². The second-order valence-electron chi connectivity index (χ2n) is 4.58. The SMILES string of the molecule is Nc1ccccc1CCc1nc2ccc(O)cc2[nH]1. The van der Waals surface area contributed by atoms with Crippen LogP contribution in [-0.4, -0.2) is 15.1 Å². The number of nitrogens with two attached hydrogens (primary N) is 1. The van der Waals surface area contributed by atoms with Crippen molar-refractivity contribution >= 4 is 16.7 Å². The van der Waals surface area contributed by atoms with Gasteiger partial charge in [0, 0.05) is 18.2 Å². The molecule has 0 atom stereocenters. The zero-order valence-corrected chi connectivity index (χ0v) is 10.4. The summed E-state index contributed by atoms with van der Waals surface area (Å²) in [6.45, 7) is 0. The van der Waals surface area contributed by atoms with Crippen molar-refractivity contribution in [3.05, 3.63) is 53.9 Å². The first-order chi connectivity index (χ1) is 9.22. The first-order valence-electron chi connectivity index (χ1n) is 6.23. The molecular weight excluding hydrogens is 238 g/mol. The van der Waals surface area contributed by atoms with E-state index in [0.717, 1.165) is 41.0 Å². The van der Waals surface area contributed by atoms with Crippen molar-refractivity contribution in [1.29, 1.82) is 0 Å². The predicted molar refractivity (Wildman–Crippen MR) is 76.0 cm³/mol. The molecule has 0 aliphatic carbocycles. The third-order valence-corrected chi connectivity index (χ3v) is 3.20. The van der Waals surface area contributed by atoms with Gasteiger partial charge in [0.1, 0.15) is 11.6 Å². The van der Waals surface area contributed by atoms with Gasteiger partial charge in [0.15, 0.2) is 0 Å². The number of nitrogens with zero attached hydrogens (tertiary/aromatic N) is 1. The minimum atomic E-state index is 0.245. The highest BCUT2D eigenvalue weighted by molar-refractivity contribution is 5.76. The molecule has 0 bridgehead atoms. The maximum Gasteiger partial charge on any atom is 0.117 e. The Bertz CT molecular complexity index is 718. The molecule has 4 nitrogen and oxygen atoms in total. The van der Waals surface area contributed by atoms with Crippen LogP contribution in [0.1, 0.15) is 11.4 Å². The van der Waals surface area contributed by atoms with Crippen molar-refractivity contribution in [3.63, 3.8) is 0 Å². The number of H-pyrrole nitrogens is 1. The van der Waals surface area contributed by atoms with E-state index in [-0.39, 0.29) is 5.75 Å². The number of fused-ring (bicyclic) bond motifs is 1. The second kappa shape index (κ2) is 4.65. The molecule has 0 unspecified atom stereocenters. The molecule has 0 saturated carbocycles. The van der Waals surface area contributed by atoms with Gasteiger partial charge in [-0.3, -0.25) is 0 Å². The molecule has 96 valence electrons. The van der Waals surface area contributed by atoms with Crippen LogP contribution in [0.2, 0.25) is 0 Å². The molecule has 1 aromatic heterocycles. The zero-order chi connectivity index (χ0) is 13.2. The Hall–Kier alpha value is -2.49. The van der Waals surface area contributed by atoms with E-state index in [9.17, 15) is 5.11 Å². The lowest BCUT2D eigenvalue weighted by atomic mass is 10.1. The van der Waals surface area contributed by atoms with Crippen LogP contribution in [0, 0.1) is 0 Å². The van der Waals surface area contributed by atoms with Gasteiger partial charge in [-0.1, -0.05) is 18.2 Å². The molecule has 4 N–H and O–H groups in total. The van der Waals surface area contributed by atoms with Crippen LogP contribution in [0.5, 0.6) is 5.75 Å². The van der Waals surface area contributed by atoms with E-state index in [4.69, 9.17) is 5.73 Å². The number of nitrogens with one attached hydrogen (secondary N) is 1. The van der Waals surface area contributed by atoms with Crippen LogP contribution in [0.3, 0.4) is 0 Å². The van der Waals surface area contributed by atoms with Gasteiger partial charge in [0.2, 0.25) is 0 Å². The highest BCUT2D eigenvalue weighted by atomic mass is 16.3. The number of para-hydroxylation sites is 1. The normalized spacial score (nSPS) is 10.9. The second-order valence-corrected chi connectivity index (χ2v) is 4.58. The number of rotatable bonds is 3. The predicted octanol–water partition coefficient (Wildman–Crippen LogP) is 2.64. The molecule has 0 aliphatic heterocycles. The first kappa shape index (κ1) is 11.6. The number of hydrogen-bond donors (Lipinski definition) is 3. The lowest BCUT2D eigenvalue weighted by molar-refractivity contribution is 0.476. The van der Waals surface area contributed by atoms with Gasteiger partial charge in [0.25, 0.3) is 0 Å². The number of aromatic nitrogens is 2. The Morgan fingerprint density at radius 3 is 2.79 bits per heavy atom. The standard InChI is InChI=1S/C15H15N3O/c16-12-4-2-1-3-10(12)5-8-15-17-13-7-6-11(19)9-14(13)18-15/h1-4,6-7,9,19H,5,8,16H2,(H,17,18). The third-order valence-electron chi connectivity index (χ3n) is 3.20. The molecule has 0 saturated heterocycles. The Labute approximate surface area is 110 Å². The molecule has 0 amide bonds. The first-order valence-corrected chi connectivity index (χ1v) is 6.23. The number of hydrogen-bond acceptors (Lipinski definition) is 3. The van der Waals surface area contributed by atoms with Crippen molar-refractivity contribution in [2.45, 2.75) is 12.8 Å². The third kappa shape index (κ3) is 2.38. The molecule has 3 rings (SSSR count). The van der Waals surface area contributed by atoms with E-state index < -0.39 is 0 Å². The van der Waals surface area contributed by atoms with E-state index in [1.54, 1.807) is 12.1 Å². The summed E-state index contributed by atoms with van der Waals surface area (Å²) in [6, 6.07) is 13.0. The van der Waals surface area contributed by atoms with Gasteiger partial charge < -0.3 is 15.8 Å². The van der Waals surface area contributed by atoms with Crippen LogP contribution in [0.15, 0.2) is 42.5 Å². The number of imidazole rings is 1. The lowest BCUT2D eigenvalue weighted by Gasteiger charge is -2.03. The number of aryl methyl sites for hydroxylation is 2. The smallest absolute Gasteiger partial charge is 0.117 e. The molecule has 0 aliphatic rings. The Morgan fingerprint density at radius 2 is 1.95 bits per heavy atom. The van der Waals surface area contributed by atoms with Crippen molar-refractivity contribution in [2.24, 2.45) is 0 Å². The monoisotopic (exact) mass is 253 g/mol. The van der Waals surface area contributed by atoms with E-state index in [1.807, 2.05) is 30.3 Å². The number of aromatic amines is 1. The van der Waals surface area contributed by atoms with Crippen LogP contribution in [0.4, 0.5) is 5.69 Å². The highest BCUT2D eigenvalue weighted by Gasteiger charge is 2.05. The summed E-state index contributed by atoms with van der Waals surface area (Å²) in [6.07, 6.45) is 1.64. The molecule has 19 heavy (non-hydrogen) atoms. The number of phenolic OH excluding ortho intramolecular Hbond substituents is 1. The van der Waals surface area contributed by atoms with E-state index in [2.05, 4.69) is 9.97 Å². The number of benzene rings is 2. The fourth-order valence-corrected chi connectivity index (χ4v) is 2.18. The molecule has 2 aromatic carbocycles. The van der Waals surface area contributed by atoms with E-state index in [0.29, 0.717) is 0 Å². The Kier molecular flexibility index (Phi) is 2.83. The van der Waals surface area contributed by atoms with Gasteiger partial charge in [0.05, 0.1) is 11.0 Å². The summed E-state index contributed by atoms with van der Waals surface area (Å²) in [5.41, 5.74) is 9.59. The quantitative estimate of drug-likeness (QED) is 0.628. The van der Waals surface area contributed by atoms with E-state index >= 15 is 0 Å². The molecule has 1 heterocycles. The summed E-state index contributed by atoms with van der Waals surface area (Å²) in [5, 5.41) is 9.42. The van der Waals surface area contributed by atoms with Crippen LogP contribution < -0.4 is 5.73 Å². The number of phenols is 1. The largest absolute Gasteiger partial charge is 0.508 e. The summed E-state index contributed by atoms with van der Waals surface area (Å²) in [5.74, 6) is 1.15. The zero-order valence-electron chi connectivity index (χ0n) is 10.4. The number of aromatic hydroxyl groups is 1. The van der Waals surface area contributed by atoms with Gasteiger partial charge in [-0.2, -0.15) is 0 Å². The van der Waals surface area contributed by atoms with Crippen molar-refractivity contribution in [3.8, 4) is 5.75 Å². The van der Waals surface area contributed by atoms with Gasteiger partial charge in [-0.25, -0.2) is 4.98 Å². The highest BCUT2D eigenvalue weighted by Crippen LogP contribution is 2.19. The molecule has 4 heteroatoms. The summed E-state index contributed by atoms with van der Waals surface area (Å²) < 4.78 is 0. The molecule has 0 radical (unpaired) electrons. The fraction of sp³-hybridized carbons (Fsp3) is 0.133. The fourth-order valence-electron chi connectivity index (χ4n) is 2.18. The summed E-state index contributed by atoms with van der Waals surface area (Å²) in [7, 11) is 0. The van der Waals surface area contributed by atoms with E-state index in [1.165, 1.54) is 0 Å².